The molecule has 102 valence electrons. The highest BCUT2D eigenvalue weighted by atomic mass is 32.2. The van der Waals surface area contributed by atoms with Crippen molar-refractivity contribution < 1.29 is 14.7 Å². The van der Waals surface area contributed by atoms with Crippen molar-refractivity contribution in [2.75, 3.05) is 5.75 Å². The molecule has 0 bridgehead atoms. The van der Waals surface area contributed by atoms with E-state index in [0.717, 1.165) is 29.7 Å². The van der Waals surface area contributed by atoms with Gasteiger partial charge in [-0.15, -0.1) is 11.8 Å². The second kappa shape index (κ2) is 6.61. The molecule has 0 saturated carbocycles. The number of carbonyl (C=O) groups is 2. The van der Waals surface area contributed by atoms with Crippen LogP contribution in [-0.2, 0) is 22.6 Å². The lowest BCUT2D eigenvalue weighted by atomic mass is 10.0. The summed E-state index contributed by atoms with van der Waals surface area (Å²) >= 11 is 1.69. The van der Waals surface area contributed by atoms with Crippen LogP contribution in [0, 0.1) is 0 Å². The third-order valence-corrected chi connectivity index (χ3v) is 4.51. The van der Waals surface area contributed by atoms with Gasteiger partial charge < -0.3 is 10.4 Å². The number of nitrogens with one attached hydrogen (secondary N) is 1. The van der Waals surface area contributed by atoms with Crippen molar-refractivity contribution in [3.8, 4) is 0 Å². The first kappa shape index (κ1) is 13.9. The summed E-state index contributed by atoms with van der Waals surface area (Å²) < 4.78 is 0. The minimum atomic E-state index is -0.856. The summed E-state index contributed by atoms with van der Waals surface area (Å²) in [5, 5.41) is 11.8. The smallest absolute Gasteiger partial charge is 0.307 e. The number of hydrogen-bond donors (Lipinski definition) is 2. The highest BCUT2D eigenvalue weighted by molar-refractivity contribution is 8.00. The maximum absolute atomic E-state index is 11.9. The van der Waals surface area contributed by atoms with E-state index in [1.165, 1.54) is 0 Å². The maximum Gasteiger partial charge on any atom is 0.307 e. The molecule has 0 spiro atoms. The lowest BCUT2D eigenvalue weighted by Gasteiger charge is -2.12. The Morgan fingerprint density at radius 2 is 2.05 bits per heavy atom. The summed E-state index contributed by atoms with van der Waals surface area (Å²) in [5.74, 6) is 0.256. The van der Waals surface area contributed by atoms with Crippen LogP contribution >= 0.6 is 11.8 Å². The highest BCUT2D eigenvalue weighted by Crippen LogP contribution is 2.26. The predicted octanol–water partition coefficient (Wildman–Crippen LogP) is 1.83. The van der Waals surface area contributed by atoms with E-state index in [4.69, 9.17) is 5.11 Å². The Labute approximate surface area is 116 Å². The van der Waals surface area contributed by atoms with Crippen LogP contribution in [0.15, 0.2) is 24.3 Å². The number of carbonyl (C=O) groups excluding carboxylic acids is 1. The van der Waals surface area contributed by atoms with Gasteiger partial charge in [0.25, 0.3) is 0 Å². The first-order valence-corrected chi connectivity index (χ1v) is 7.39. The molecule has 5 heteroatoms. The molecule has 0 aliphatic carbocycles. The third-order valence-electron chi connectivity index (χ3n) is 3.14. The zero-order chi connectivity index (χ0) is 13.7. The Morgan fingerprint density at radius 3 is 2.68 bits per heavy atom. The van der Waals surface area contributed by atoms with Gasteiger partial charge in [0.2, 0.25) is 5.91 Å². The molecule has 2 N–H and O–H groups in total. The van der Waals surface area contributed by atoms with Gasteiger partial charge in [-0.2, -0.15) is 0 Å². The Hall–Kier alpha value is -1.49. The van der Waals surface area contributed by atoms with Gasteiger partial charge in [-0.25, -0.2) is 0 Å². The van der Waals surface area contributed by atoms with Crippen LogP contribution in [0.25, 0.3) is 0 Å². The molecule has 2 rings (SSSR count). The monoisotopic (exact) mass is 279 g/mol. The average molecular weight is 279 g/mol. The van der Waals surface area contributed by atoms with Crippen molar-refractivity contribution in [1.29, 1.82) is 0 Å². The molecule has 4 nitrogen and oxygen atoms in total. The number of benzene rings is 1. The van der Waals surface area contributed by atoms with Crippen molar-refractivity contribution in [1.82, 2.24) is 5.32 Å². The molecule has 1 heterocycles. The van der Waals surface area contributed by atoms with Gasteiger partial charge >= 0.3 is 5.97 Å². The molecular formula is C14H17NO3S. The standard InChI is InChI=1S/C14H17NO3S/c16-13(17)8-10-4-1-2-5-11(10)9-15-14(18)12-6-3-7-19-12/h1-2,4-5,12H,3,6-9H2,(H,15,18)(H,16,17). The molecule has 1 aromatic rings. The first-order chi connectivity index (χ1) is 9.16. The predicted molar refractivity (Wildman–Crippen MR) is 75.1 cm³/mol. The lowest BCUT2D eigenvalue weighted by molar-refractivity contribution is -0.136. The van der Waals surface area contributed by atoms with Gasteiger partial charge in [-0.05, 0) is 29.7 Å². The molecule has 19 heavy (non-hydrogen) atoms. The zero-order valence-corrected chi connectivity index (χ0v) is 11.4. The second-order valence-electron chi connectivity index (χ2n) is 4.56. The van der Waals surface area contributed by atoms with Gasteiger partial charge in [0.05, 0.1) is 11.7 Å². The second-order valence-corrected chi connectivity index (χ2v) is 5.87. The number of thioether (sulfide) groups is 1. The van der Waals surface area contributed by atoms with Gasteiger partial charge in [0.1, 0.15) is 0 Å². The van der Waals surface area contributed by atoms with Crippen LogP contribution in [0.5, 0.6) is 0 Å². The Balaban J connectivity index is 1.94. The van der Waals surface area contributed by atoms with Gasteiger partial charge in [0, 0.05) is 6.54 Å². The van der Waals surface area contributed by atoms with Crippen molar-refractivity contribution in [2.45, 2.75) is 31.1 Å². The molecule has 1 saturated heterocycles. The van der Waals surface area contributed by atoms with Crippen LogP contribution in [0.4, 0.5) is 0 Å². The van der Waals surface area contributed by atoms with E-state index in [2.05, 4.69) is 5.32 Å². The molecular weight excluding hydrogens is 262 g/mol. The average Bonchev–Trinajstić information content (AvgIpc) is 2.90. The quantitative estimate of drug-likeness (QED) is 0.863. The van der Waals surface area contributed by atoms with Crippen molar-refractivity contribution >= 4 is 23.6 Å². The van der Waals surface area contributed by atoms with Gasteiger partial charge in [-0.3, -0.25) is 9.59 Å². The van der Waals surface area contributed by atoms with Crippen LogP contribution in [0.3, 0.4) is 0 Å². The van der Waals surface area contributed by atoms with Gasteiger partial charge in [0.15, 0.2) is 0 Å². The molecule has 1 aliphatic rings. The summed E-state index contributed by atoms with van der Waals surface area (Å²) in [6.45, 7) is 0.402. The number of carboxylic acids is 1. The Bertz CT molecular complexity index is 470. The van der Waals surface area contributed by atoms with E-state index < -0.39 is 5.97 Å². The zero-order valence-electron chi connectivity index (χ0n) is 10.6. The molecule has 1 aliphatic heterocycles. The summed E-state index contributed by atoms with van der Waals surface area (Å²) in [6, 6.07) is 7.33. The fraction of sp³-hybridized carbons (Fsp3) is 0.429. The topological polar surface area (TPSA) is 66.4 Å². The van der Waals surface area contributed by atoms with Crippen LogP contribution in [-0.4, -0.2) is 28.0 Å². The number of amides is 1. The van der Waals surface area contributed by atoms with E-state index in [0.29, 0.717) is 6.54 Å². The van der Waals surface area contributed by atoms with Crippen LogP contribution in [0.1, 0.15) is 24.0 Å². The van der Waals surface area contributed by atoms with E-state index >= 15 is 0 Å². The lowest BCUT2D eigenvalue weighted by Crippen LogP contribution is -2.31. The summed E-state index contributed by atoms with van der Waals surface area (Å²) in [4.78, 5) is 22.7. The minimum absolute atomic E-state index is 0.00970. The fourth-order valence-corrected chi connectivity index (χ4v) is 3.33. The molecule has 1 unspecified atom stereocenters. The first-order valence-electron chi connectivity index (χ1n) is 6.34. The fourth-order valence-electron chi connectivity index (χ4n) is 2.15. The summed E-state index contributed by atoms with van der Waals surface area (Å²) in [5.41, 5.74) is 1.63. The molecule has 0 aromatic heterocycles. The highest BCUT2D eigenvalue weighted by Gasteiger charge is 2.23. The number of carboxylic acid groups (broad SMARTS) is 1. The normalized spacial score (nSPS) is 18.2. The molecule has 1 amide bonds. The van der Waals surface area contributed by atoms with E-state index in [-0.39, 0.29) is 17.6 Å². The summed E-state index contributed by atoms with van der Waals surface area (Å²) in [7, 11) is 0. The van der Waals surface area contributed by atoms with Crippen molar-refractivity contribution in [3.05, 3.63) is 35.4 Å². The third kappa shape index (κ3) is 3.99. The molecule has 0 radical (unpaired) electrons. The number of hydrogen-bond acceptors (Lipinski definition) is 3. The Kier molecular flexibility index (Phi) is 4.85. The van der Waals surface area contributed by atoms with Crippen LogP contribution < -0.4 is 5.32 Å². The SMILES string of the molecule is O=C(O)Cc1ccccc1CNC(=O)C1CCCS1. The summed E-state index contributed by atoms with van der Waals surface area (Å²) in [6.07, 6.45) is 2.02. The van der Waals surface area contributed by atoms with Crippen molar-refractivity contribution in [3.63, 3.8) is 0 Å². The minimum Gasteiger partial charge on any atom is -0.481 e. The largest absolute Gasteiger partial charge is 0.481 e. The molecule has 1 fully saturated rings. The molecule has 1 aromatic carbocycles. The van der Waals surface area contributed by atoms with Crippen molar-refractivity contribution in [2.24, 2.45) is 0 Å². The van der Waals surface area contributed by atoms with E-state index in [1.807, 2.05) is 18.2 Å². The molecule has 1 atom stereocenters. The van der Waals surface area contributed by atoms with Crippen LogP contribution in [0.2, 0.25) is 0 Å². The number of rotatable bonds is 5. The van der Waals surface area contributed by atoms with E-state index in [9.17, 15) is 9.59 Å². The Morgan fingerprint density at radius 1 is 1.32 bits per heavy atom. The maximum atomic E-state index is 11.9. The van der Waals surface area contributed by atoms with E-state index in [1.54, 1.807) is 17.8 Å². The number of aliphatic carboxylic acids is 1. The van der Waals surface area contributed by atoms with Gasteiger partial charge in [-0.1, -0.05) is 24.3 Å².